The van der Waals surface area contributed by atoms with Gasteiger partial charge in [-0.15, -0.1) is 0 Å². The van der Waals surface area contributed by atoms with Crippen LogP contribution in [-0.2, 0) is 0 Å². The number of halogens is 3. The van der Waals surface area contributed by atoms with Gasteiger partial charge in [-0.05, 0) is 209 Å². The summed E-state index contributed by atoms with van der Waals surface area (Å²) in [4.78, 5) is 0. The molecular weight excluding hydrogens is 1280 g/mol. The van der Waals surface area contributed by atoms with Crippen LogP contribution in [0.4, 0.5) is 0 Å². The summed E-state index contributed by atoms with van der Waals surface area (Å²) in [6.45, 7) is -0.342. The highest BCUT2D eigenvalue weighted by Crippen LogP contribution is 2.55. The van der Waals surface area contributed by atoms with Gasteiger partial charge in [0.05, 0.1) is 0 Å². The van der Waals surface area contributed by atoms with E-state index in [1.165, 1.54) is 115 Å². The lowest BCUT2D eigenvalue weighted by Gasteiger charge is -2.38. The van der Waals surface area contributed by atoms with E-state index in [0.717, 1.165) is 86.3 Å². The second-order valence-electron chi connectivity index (χ2n) is 24.0. The second kappa shape index (κ2) is 19.8. The monoisotopic (exact) mass is 1320 g/mol. The molecule has 0 saturated carbocycles. The molecule has 19 rings (SSSR count). The zero-order valence-electron chi connectivity index (χ0n) is 47.6. The normalized spacial score (nSPS) is 12.8. The minimum atomic E-state index is -0.180. The summed E-state index contributed by atoms with van der Waals surface area (Å²) in [6.07, 6.45) is 0. The number of fused-ring (bicyclic) bond motifs is 8. The van der Waals surface area contributed by atoms with E-state index in [-0.39, 0.29) is 13.4 Å². The average Bonchev–Trinajstić information content (AvgIpc) is 0.678. The van der Waals surface area contributed by atoms with E-state index >= 15 is 0 Å². The van der Waals surface area contributed by atoms with Crippen molar-refractivity contribution in [3.05, 3.63) is 286 Å². The molecule has 0 saturated heterocycles. The van der Waals surface area contributed by atoms with E-state index < -0.39 is 0 Å². The van der Waals surface area contributed by atoms with E-state index in [1.807, 2.05) is 0 Å². The summed E-state index contributed by atoms with van der Waals surface area (Å²) < 4.78 is 17.4. The molecule has 15 aromatic rings. The molecule has 0 unspecified atom stereocenters. The molecular formula is C82H45B2Br3O2. The largest absolute Gasteiger partial charge is 0.458 e. The van der Waals surface area contributed by atoms with E-state index in [1.54, 1.807) is 0 Å². The van der Waals surface area contributed by atoms with Crippen LogP contribution in [0.15, 0.2) is 286 Å². The van der Waals surface area contributed by atoms with Crippen molar-refractivity contribution in [2.45, 2.75) is 0 Å². The lowest BCUT2D eigenvalue weighted by molar-refractivity contribution is 0.487. The van der Waals surface area contributed by atoms with Gasteiger partial charge in [-0.25, -0.2) is 0 Å². The molecule has 0 bridgehead atoms. The molecule has 0 N–H and O–H groups in total. The van der Waals surface area contributed by atoms with Gasteiger partial charge in [-0.3, -0.25) is 0 Å². The smallest absolute Gasteiger partial charge is 0.252 e. The van der Waals surface area contributed by atoms with Crippen molar-refractivity contribution in [1.82, 2.24) is 0 Å². The molecule has 0 aliphatic carbocycles. The van der Waals surface area contributed by atoms with Crippen LogP contribution in [0.1, 0.15) is 0 Å². The third kappa shape index (κ3) is 7.69. The first kappa shape index (κ1) is 51.5. The van der Waals surface area contributed by atoms with Crippen molar-refractivity contribution < 1.29 is 9.47 Å². The lowest BCUT2D eigenvalue weighted by Crippen LogP contribution is -2.58. The van der Waals surface area contributed by atoms with Crippen LogP contribution in [0.25, 0.3) is 132 Å². The van der Waals surface area contributed by atoms with Crippen LogP contribution in [0.3, 0.4) is 0 Å². The standard InChI is InChI=1S/C82H45B2Br3O2/c85-52-33-35-68-72(39-52)89-74-41-54(87)38-66-62-43-59(75-55(47-20-8-2-9-21-47)28-16-29-56(75)48-22-10-3-11-23-48)63-44-69-77-61(65-37-53(86)40-73-81(65)83(69)67-34-32-51(36-71(67)88-73)46-18-6-1-7-19-46)42-60(64-45-70(84(68)82(66)74)78(62)80(63)79(64)77)76-57(49-24-12-4-13-25-49)30-17-31-58(76)50-26-14-5-15-27-50/h1-45H. The molecule has 4 aliphatic heterocycles. The van der Waals surface area contributed by atoms with E-state index in [4.69, 9.17) is 9.47 Å². The van der Waals surface area contributed by atoms with Gasteiger partial charge in [-0.1, -0.05) is 277 Å². The Balaban J connectivity index is 1.06. The Kier molecular flexibility index (Phi) is 11.4. The Labute approximate surface area is 541 Å². The van der Waals surface area contributed by atoms with Gasteiger partial charge in [0.25, 0.3) is 13.4 Å². The molecule has 15 aromatic carbocycles. The first-order chi connectivity index (χ1) is 43.9. The maximum absolute atomic E-state index is 7.32. The number of hydrogen-bond donors (Lipinski definition) is 0. The summed E-state index contributed by atoms with van der Waals surface area (Å²) in [6, 6.07) is 101. The first-order valence-electron chi connectivity index (χ1n) is 30.3. The molecule has 0 spiro atoms. The number of hydrogen-bond acceptors (Lipinski definition) is 2. The predicted octanol–water partition coefficient (Wildman–Crippen LogP) is 19.7. The van der Waals surface area contributed by atoms with Gasteiger partial charge in [0, 0.05) is 13.4 Å². The van der Waals surface area contributed by atoms with Crippen LogP contribution in [0.5, 0.6) is 23.0 Å². The number of rotatable bonds is 7. The van der Waals surface area contributed by atoms with E-state index in [9.17, 15) is 0 Å². The van der Waals surface area contributed by atoms with Crippen molar-refractivity contribution >= 4 is 126 Å². The molecule has 4 aliphatic rings. The molecule has 0 atom stereocenters. The highest BCUT2D eigenvalue weighted by molar-refractivity contribution is 9.11. The molecule has 0 fully saturated rings. The summed E-state index contributed by atoms with van der Waals surface area (Å²) in [7, 11) is 0. The number of benzene rings is 15. The van der Waals surface area contributed by atoms with Crippen molar-refractivity contribution in [3.63, 3.8) is 0 Å². The van der Waals surface area contributed by atoms with E-state index in [2.05, 4.69) is 321 Å². The molecule has 0 amide bonds. The first-order valence-corrected chi connectivity index (χ1v) is 32.6. The SMILES string of the molecule is Brc1ccc2c(c1)Oc1cc(Br)cc3c1B2c1cc2c(-c4c(-c5ccccc5)cccc4-c4ccccc4)cc4c5c(cc6c(-c7c(-c8ccccc8)cccc7-c7ccccc7)cc-3c1c6c25)B1c2ccc(-c3ccccc3)cc2Oc2cc(Br)cc-4c21. The lowest BCUT2D eigenvalue weighted by atomic mass is 9.32. The van der Waals surface area contributed by atoms with Gasteiger partial charge in [-0.2, -0.15) is 0 Å². The Morgan fingerprint density at radius 1 is 0.225 bits per heavy atom. The maximum Gasteiger partial charge on any atom is 0.252 e. The summed E-state index contributed by atoms with van der Waals surface area (Å²) in [5, 5.41) is 7.47. The molecule has 412 valence electrons. The van der Waals surface area contributed by atoms with Crippen LogP contribution in [0.2, 0.25) is 0 Å². The quantitative estimate of drug-likeness (QED) is 0.117. The van der Waals surface area contributed by atoms with Crippen LogP contribution >= 0.6 is 47.8 Å². The van der Waals surface area contributed by atoms with Crippen LogP contribution in [-0.4, -0.2) is 13.4 Å². The van der Waals surface area contributed by atoms with Crippen LogP contribution < -0.4 is 42.3 Å². The van der Waals surface area contributed by atoms with Gasteiger partial charge in [0.1, 0.15) is 23.0 Å². The fourth-order valence-corrected chi connectivity index (χ4v) is 17.0. The van der Waals surface area contributed by atoms with Crippen molar-refractivity contribution in [1.29, 1.82) is 0 Å². The molecule has 2 nitrogen and oxygen atoms in total. The highest BCUT2D eigenvalue weighted by Gasteiger charge is 2.45. The topological polar surface area (TPSA) is 18.5 Å². The second-order valence-corrected chi connectivity index (χ2v) is 26.7. The molecule has 7 heteroatoms. The van der Waals surface area contributed by atoms with E-state index in [0.29, 0.717) is 0 Å². The minimum Gasteiger partial charge on any atom is -0.458 e. The average molecular weight is 1320 g/mol. The van der Waals surface area contributed by atoms with Gasteiger partial charge < -0.3 is 9.47 Å². The van der Waals surface area contributed by atoms with Crippen molar-refractivity contribution in [2.75, 3.05) is 0 Å². The van der Waals surface area contributed by atoms with Crippen molar-refractivity contribution in [2.24, 2.45) is 0 Å². The Hall–Kier alpha value is -9.49. The maximum atomic E-state index is 7.32. The number of ether oxygens (including phenoxy) is 2. The van der Waals surface area contributed by atoms with Gasteiger partial charge in [0.2, 0.25) is 0 Å². The predicted molar refractivity (Wildman–Crippen MR) is 385 cm³/mol. The summed E-state index contributed by atoms with van der Waals surface area (Å²) in [5.74, 6) is 3.44. The highest BCUT2D eigenvalue weighted by atomic mass is 79.9. The Morgan fingerprint density at radius 3 is 1.01 bits per heavy atom. The fraction of sp³-hybridized carbons (Fsp3) is 0. The Bertz CT molecular complexity index is 5410. The van der Waals surface area contributed by atoms with Crippen LogP contribution in [0, 0.1) is 0 Å². The van der Waals surface area contributed by atoms with Gasteiger partial charge in [0.15, 0.2) is 0 Å². The molecule has 0 aromatic heterocycles. The molecule has 89 heavy (non-hydrogen) atoms. The van der Waals surface area contributed by atoms with Crippen molar-refractivity contribution in [3.8, 4) is 123 Å². The third-order valence-corrected chi connectivity index (χ3v) is 20.7. The zero-order chi connectivity index (χ0) is 58.8. The summed E-state index contributed by atoms with van der Waals surface area (Å²) >= 11 is 12.1. The summed E-state index contributed by atoms with van der Waals surface area (Å²) in [5.41, 5.74) is 28.2. The van der Waals surface area contributed by atoms with Gasteiger partial charge >= 0.3 is 0 Å². The third-order valence-electron chi connectivity index (χ3n) is 19.3. The zero-order valence-corrected chi connectivity index (χ0v) is 52.3. The Morgan fingerprint density at radius 2 is 0.596 bits per heavy atom. The minimum absolute atomic E-state index is 0.162. The molecule has 0 radical (unpaired) electrons. The fourth-order valence-electron chi connectivity index (χ4n) is 15.8. The molecule has 4 heterocycles.